The van der Waals surface area contributed by atoms with Crippen LogP contribution in [0.5, 0.6) is 5.75 Å². The molecule has 0 spiro atoms. The summed E-state index contributed by atoms with van der Waals surface area (Å²) >= 11 is 4.76. The first-order chi connectivity index (χ1) is 8.45. The maximum Gasteiger partial charge on any atom is 0.416 e. The Bertz CT molecular complexity index is 450. The molecule has 3 nitrogen and oxygen atoms in total. The molecule has 18 heavy (non-hydrogen) atoms. The molecule has 2 rings (SSSR count). The Labute approximate surface area is 107 Å². The molecule has 1 aliphatic heterocycles. The van der Waals surface area contributed by atoms with E-state index in [0.717, 1.165) is 12.1 Å². The summed E-state index contributed by atoms with van der Waals surface area (Å²) in [6.07, 6.45) is -4.64. The molecule has 0 amide bonds. The molecule has 0 aliphatic carbocycles. The van der Waals surface area contributed by atoms with Crippen molar-refractivity contribution in [1.82, 2.24) is 5.32 Å². The van der Waals surface area contributed by atoms with E-state index < -0.39 is 11.7 Å². The Hall–Kier alpha value is -1.50. The lowest BCUT2D eigenvalue weighted by Crippen LogP contribution is -2.22. The minimum atomic E-state index is -4.37. The van der Waals surface area contributed by atoms with Crippen LogP contribution >= 0.6 is 12.2 Å². The fourth-order valence-corrected chi connectivity index (χ4v) is 1.70. The molecule has 1 N–H and O–H groups in total. The monoisotopic (exact) mass is 277 g/mol. The van der Waals surface area contributed by atoms with Crippen LogP contribution in [-0.2, 0) is 10.9 Å². The van der Waals surface area contributed by atoms with Crippen LogP contribution in [0.3, 0.4) is 0 Å². The fourth-order valence-electron chi connectivity index (χ4n) is 1.48. The van der Waals surface area contributed by atoms with Crippen LogP contribution in [-0.4, -0.2) is 24.4 Å². The predicted molar refractivity (Wildman–Crippen MR) is 62.4 cm³/mol. The number of thiocarbonyl (C=S) groups is 1. The molecule has 1 saturated heterocycles. The molecular formula is C11H10F3NO2S. The van der Waals surface area contributed by atoms with Crippen LogP contribution in [0.15, 0.2) is 24.3 Å². The summed E-state index contributed by atoms with van der Waals surface area (Å²) in [5.74, 6) is 0.159. The summed E-state index contributed by atoms with van der Waals surface area (Å²) < 4.78 is 47.8. The maximum absolute atomic E-state index is 12.5. The molecule has 0 saturated carbocycles. The van der Waals surface area contributed by atoms with Crippen molar-refractivity contribution >= 4 is 17.4 Å². The van der Waals surface area contributed by atoms with Crippen molar-refractivity contribution in [3.63, 3.8) is 0 Å². The number of nitrogens with one attached hydrogen (secondary N) is 1. The van der Waals surface area contributed by atoms with Gasteiger partial charge in [0.1, 0.15) is 12.4 Å². The summed E-state index contributed by atoms with van der Waals surface area (Å²) in [5.41, 5.74) is -0.735. The van der Waals surface area contributed by atoms with Gasteiger partial charge in [0, 0.05) is 0 Å². The Morgan fingerprint density at radius 2 is 2.22 bits per heavy atom. The van der Waals surface area contributed by atoms with Gasteiger partial charge in [-0.3, -0.25) is 0 Å². The highest BCUT2D eigenvalue weighted by Gasteiger charge is 2.30. The molecule has 1 aromatic rings. The van der Waals surface area contributed by atoms with E-state index in [9.17, 15) is 13.2 Å². The van der Waals surface area contributed by atoms with E-state index in [1.807, 2.05) is 0 Å². The van der Waals surface area contributed by atoms with Gasteiger partial charge >= 0.3 is 6.18 Å². The minimum absolute atomic E-state index is 0.147. The first-order valence-corrected chi connectivity index (χ1v) is 5.60. The zero-order valence-corrected chi connectivity index (χ0v) is 9.98. The Kier molecular flexibility index (Phi) is 3.60. The lowest BCUT2D eigenvalue weighted by Gasteiger charge is -2.12. The van der Waals surface area contributed by atoms with E-state index in [1.54, 1.807) is 0 Å². The molecule has 1 aliphatic rings. The lowest BCUT2D eigenvalue weighted by atomic mass is 10.2. The largest absolute Gasteiger partial charge is 0.490 e. The van der Waals surface area contributed by atoms with Gasteiger partial charge in [0.15, 0.2) is 6.10 Å². The van der Waals surface area contributed by atoms with Crippen LogP contribution in [0, 0.1) is 0 Å². The number of benzene rings is 1. The van der Waals surface area contributed by atoms with Gasteiger partial charge in [0.05, 0.1) is 12.1 Å². The average molecular weight is 277 g/mol. The Morgan fingerprint density at radius 1 is 1.44 bits per heavy atom. The molecule has 98 valence electrons. The van der Waals surface area contributed by atoms with E-state index in [2.05, 4.69) is 5.32 Å². The van der Waals surface area contributed by atoms with Crippen LogP contribution in [0.4, 0.5) is 13.2 Å². The molecule has 0 aromatic heterocycles. The first-order valence-electron chi connectivity index (χ1n) is 5.20. The summed E-state index contributed by atoms with van der Waals surface area (Å²) in [4.78, 5) is 0. The summed E-state index contributed by atoms with van der Waals surface area (Å²) in [7, 11) is 0. The number of halogens is 3. The molecule has 1 fully saturated rings. The first kappa shape index (κ1) is 12.9. The highest BCUT2D eigenvalue weighted by atomic mass is 32.1. The third-order valence-electron chi connectivity index (χ3n) is 2.35. The van der Waals surface area contributed by atoms with Gasteiger partial charge in [-0.05, 0) is 30.4 Å². The summed E-state index contributed by atoms with van der Waals surface area (Å²) in [6.45, 7) is 0.645. The Morgan fingerprint density at radius 3 is 2.83 bits per heavy atom. The highest BCUT2D eigenvalue weighted by Crippen LogP contribution is 2.31. The van der Waals surface area contributed by atoms with Gasteiger partial charge in [0.2, 0.25) is 0 Å². The van der Waals surface area contributed by atoms with E-state index in [-0.39, 0.29) is 23.6 Å². The quantitative estimate of drug-likeness (QED) is 0.859. The third-order valence-corrected chi connectivity index (χ3v) is 2.59. The van der Waals surface area contributed by atoms with Crippen molar-refractivity contribution in [3.05, 3.63) is 29.8 Å². The topological polar surface area (TPSA) is 30.5 Å². The van der Waals surface area contributed by atoms with Gasteiger partial charge in [-0.1, -0.05) is 6.07 Å². The third kappa shape index (κ3) is 3.25. The summed E-state index contributed by atoms with van der Waals surface area (Å²) in [6, 6.07) is 4.72. The van der Waals surface area contributed by atoms with Gasteiger partial charge in [0.25, 0.3) is 5.17 Å². The van der Waals surface area contributed by atoms with Gasteiger partial charge in [-0.25, -0.2) is 0 Å². The molecule has 0 bridgehead atoms. The number of rotatable bonds is 3. The van der Waals surface area contributed by atoms with Crippen molar-refractivity contribution in [3.8, 4) is 5.75 Å². The van der Waals surface area contributed by atoms with Crippen molar-refractivity contribution < 1.29 is 22.6 Å². The van der Waals surface area contributed by atoms with E-state index in [4.69, 9.17) is 21.7 Å². The number of ether oxygens (including phenoxy) is 2. The van der Waals surface area contributed by atoms with E-state index in [1.165, 1.54) is 12.1 Å². The van der Waals surface area contributed by atoms with Crippen molar-refractivity contribution in [2.75, 3.05) is 13.2 Å². The van der Waals surface area contributed by atoms with Gasteiger partial charge < -0.3 is 14.8 Å². The van der Waals surface area contributed by atoms with Gasteiger partial charge in [-0.2, -0.15) is 13.2 Å². The maximum atomic E-state index is 12.5. The van der Waals surface area contributed by atoms with Crippen molar-refractivity contribution in [1.29, 1.82) is 0 Å². The standard InChI is InChI=1S/C11H10F3NO2S/c12-11(13,14)7-2-1-3-8(4-7)16-6-9-5-15-10(18)17-9/h1-4,9H,5-6H2,(H,15,18)/t9-/m0/s1. The average Bonchev–Trinajstić information content (AvgIpc) is 2.72. The predicted octanol–water partition coefficient (Wildman–Crippen LogP) is 2.36. The van der Waals surface area contributed by atoms with Gasteiger partial charge in [-0.15, -0.1) is 0 Å². The highest BCUT2D eigenvalue weighted by molar-refractivity contribution is 7.80. The van der Waals surface area contributed by atoms with Crippen molar-refractivity contribution in [2.24, 2.45) is 0 Å². The molecule has 1 heterocycles. The SMILES string of the molecule is FC(F)(F)c1cccc(OC[C@@H]2CNC(=S)O2)c1. The molecule has 1 atom stereocenters. The Balaban J connectivity index is 1.95. The second kappa shape index (κ2) is 5.01. The van der Waals surface area contributed by atoms with Crippen LogP contribution in [0.1, 0.15) is 5.56 Å². The molecule has 1 aromatic carbocycles. The van der Waals surface area contributed by atoms with Crippen molar-refractivity contribution in [2.45, 2.75) is 12.3 Å². The molecule has 7 heteroatoms. The zero-order valence-electron chi connectivity index (χ0n) is 9.16. The van der Waals surface area contributed by atoms with Crippen LogP contribution in [0.25, 0.3) is 0 Å². The number of hydrogen-bond acceptors (Lipinski definition) is 3. The second-order valence-electron chi connectivity index (χ2n) is 3.74. The minimum Gasteiger partial charge on any atom is -0.490 e. The molecule has 0 radical (unpaired) electrons. The number of hydrogen-bond donors (Lipinski definition) is 1. The zero-order chi connectivity index (χ0) is 13.2. The normalized spacial score (nSPS) is 19.3. The smallest absolute Gasteiger partial charge is 0.416 e. The molecular weight excluding hydrogens is 267 g/mol. The summed E-state index contributed by atoms with van der Waals surface area (Å²) in [5, 5.41) is 3.08. The van der Waals surface area contributed by atoms with E-state index >= 15 is 0 Å². The molecule has 0 unspecified atom stereocenters. The van der Waals surface area contributed by atoms with Crippen LogP contribution in [0.2, 0.25) is 0 Å². The number of alkyl halides is 3. The van der Waals surface area contributed by atoms with E-state index in [0.29, 0.717) is 6.54 Å². The fraction of sp³-hybridized carbons (Fsp3) is 0.364. The van der Waals surface area contributed by atoms with Crippen LogP contribution < -0.4 is 10.1 Å². The second-order valence-corrected chi connectivity index (χ2v) is 4.12. The lowest BCUT2D eigenvalue weighted by molar-refractivity contribution is -0.137.